The largest absolute Gasteiger partial charge is 0.313 e. The first-order valence-corrected chi connectivity index (χ1v) is 6.56. The number of rotatable bonds is 4. The summed E-state index contributed by atoms with van der Waals surface area (Å²) in [6.45, 7) is 0. The van der Waals surface area contributed by atoms with E-state index in [9.17, 15) is 17.6 Å². The molecule has 0 saturated heterocycles. The Hall–Kier alpha value is -1.59. The summed E-state index contributed by atoms with van der Waals surface area (Å²) in [5, 5.41) is 2.81. The van der Waals surface area contributed by atoms with E-state index in [2.05, 4.69) is 5.32 Å². The van der Waals surface area contributed by atoms with Crippen LogP contribution in [0.15, 0.2) is 30.3 Å². The highest BCUT2D eigenvalue weighted by Crippen LogP contribution is 2.27. The summed E-state index contributed by atoms with van der Waals surface area (Å²) in [6, 6.07) is 5.62. The molecule has 0 radical (unpaired) electrons. The highest BCUT2D eigenvalue weighted by atomic mass is 35.5. The average Bonchev–Trinajstić information content (AvgIpc) is 2.46. The predicted molar refractivity (Wildman–Crippen MR) is 73.2 cm³/mol. The summed E-state index contributed by atoms with van der Waals surface area (Å²) in [5.74, 6) is -4.62. The van der Waals surface area contributed by atoms with Crippen molar-refractivity contribution in [1.82, 2.24) is 5.32 Å². The van der Waals surface area contributed by atoms with Crippen molar-refractivity contribution in [1.29, 1.82) is 0 Å². The summed E-state index contributed by atoms with van der Waals surface area (Å²) in [5.41, 5.74) is 0.704. The molecule has 21 heavy (non-hydrogen) atoms. The van der Waals surface area contributed by atoms with Crippen LogP contribution in [-0.4, -0.2) is 7.05 Å². The molecule has 0 fully saturated rings. The van der Waals surface area contributed by atoms with Crippen LogP contribution < -0.4 is 5.32 Å². The normalized spacial score (nSPS) is 12.5. The Labute approximate surface area is 124 Å². The molecule has 0 amide bonds. The van der Waals surface area contributed by atoms with E-state index in [1.165, 1.54) is 12.1 Å². The molecule has 1 nitrogen and oxygen atoms in total. The minimum absolute atomic E-state index is 0.0409. The molecule has 0 saturated carbocycles. The summed E-state index contributed by atoms with van der Waals surface area (Å²) in [7, 11) is 1.58. The van der Waals surface area contributed by atoms with Crippen LogP contribution in [0.2, 0.25) is 5.02 Å². The number of benzene rings is 2. The number of halogens is 5. The maximum atomic E-state index is 13.4. The molecule has 2 rings (SSSR count). The highest BCUT2D eigenvalue weighted by Gasteiger charge is 2.18. The standard InChI is InChI=1S/C15H12ClF4N/c1-21-13(7-8-3-2-4-10(17)14(8)16)9-5-11(18)15(20)12(19)6-9/h2-6,13,21H,7H2,1H3. The second-order valence-electron chi connectivity index (χ2n) is 4.56. The molecule has 1 unspecified atom stereocenters. The third kappa shape index (κ3) is 3.36. The van der Waals surface area contributed by atoms with Crippen LogP contribution in [-0.2, 0) is 6.42 Å². The van der Waals surface area contributed by atoms with Crippen molar-refractivity contribution in [3.05, 3.63) is 69.8 Å². The lowest BCUT2D eigenvalue weighted by atomic mass is 9.98. The summed E-state index contributed by atoms with van der Waals surface area (Å²) in [4.78, 5) is 0. The summed E-state index contributed by atoms with van der Waals surface area (Å²) < 4.78 is 53.0. The molecule has 2 aromatic rings. The fourth-order valence-electron chi connectivity index (χ4n) is 2.09. The van der Waals surface area contributed by atoms with Gasteiger partial charge in [-0.15, -0.1) is 0 Å². The molecule has 1 atom stereocenters. The number of hydrogen-bond donors (Lipinski definition) is 1. The fourth-order valence-corrected chi connectivity index (χ4v) is 2.29. The SMILES string of the molecule is CNC(Cc1cccc(F)c1Cl)c1cc(F)c(F)c(F)c1. The second-order valence-corrected chi connectivity index (χ2v) is 4.93. The molecule has 0 bridgehead atoms. The molecule has 0 aliphatic rings. The molecule has 1 N–H and O–H groups in total. The Kier molecular flexibility index (Phi) is 4.85. The van der Waals surface area contributed by atoms with Crippen molar-refractivity contribution in [3.63, 3.8) is 0 Å². The summed E-state index contributed by atoms with van der Waals surface area (Å²) >= 11 is 5.86. The Morgan fingerprint density at radius 2 is 1.67 bits per heavy atom. The molecule has 112 valence electrons. The van der Waals surface area contributed by atoms with E-state index in [0.29, 0.717) is 5.56 Å². The molecule has 0 aliphatic heterocycles. The first-order valence-electron chi connectivity index (χ1n) is 6.18. The smallest absolute Gasteiger partial charge is 0.194 e. The number of hydrogen-bond acceptors (Lipinski definition) is 1. The Bertz CT molecular complexity index is 637. The van der Waals surface area contributed by atoms with Gasteiger partial charge >= 0.3 is 0 Å². The molecule has 0 spiro atoms. The van der Waals surface area contributed by atoms with Crippen LogP contribution in [0, 0.1) is 23.3 Å². The minimum Gasteiger partial charge on any atom is -0.313 e. The molecular formula is C15H12ClF4N. The van der Waals surface area contributed by atoms with Crippen molar-refractivity contribution in [2.45, 2.75) is 12.5 Å². The topological polar surface area (TPSA) is 12.0 Å². The van der Waals surface area contributed by atoms with Gasteiger partial charge in [0.25, 0.3) is 0 Å². The van der Waals surface area contributed by atoms with Crippen molar-refractivity contribution >= 4 is 11.6 Å². The van der Waals surface area contributed by atoms with Gasteiger partial charge < -0.3 is 5.32 Å². The molecule has 2 aromatic carbocycles. The van der Waals surface area contributed by atoms with E-state index in [1.54, 1.807) is 13.1 Å². The van der Waals surface area contributed by atoms with Gasteiger partial charge in [-0.3, -0.25) is 0 Å². The quantitative estimate of drug-likeness (QED) is 0.651. The Balaban J connectivity index is 2.34. The molecule has 0 aromatic heterocycles. The third-order valence-electron chi connectivity index (χ3n) is 3.21. The lowest BCUT2D eigenvalue weighted by Gasteiger charge is -2.18. The van der Waals surface area contributed by atoms with Crippen molar-refractivity contribution < 1.29 is 17.6 Å². The molecule has 6 heteroatoms. The first kappa shape index (κ1) is 15.8. The van der Waals surface area contributed by atoms with E-state index in [0.717, 1.165) is 12.1 Å². The van der Waals surface area contributed by atoms with Crippen LogP contribution in [0.4, 0.5) is 17.6 Å². The fraction of sp³-hybridized carbons (Fsp3) is 0.200. The van der Waals surface area contributed by atoms with Crippen LogP contribution in [0.1, 0.15) is 17.2 Å². The van der Waals surface area contributed by atoms with Gasteiger partial charge in [-0.2, -0.15) is 0 Å². The second kappa shape index (κ2) is 6.45. The van der Waals surface area contributed by atoms with Gasteiger partial charge in [0.15, 0.2) is 17.5 Å². The van der Waals surface area contributed by atoms with Crippen molar-refractivity contribution in [3.8, 4) is 0 Å². The van der Waals surface area contributed by atoms with Gasteiger partial charge in [-0.05, 0) is 42.8 Å². The average molecular weight is 318 g/mol. The lowest BCUT2D eigenvalue weighted by Crippen LogP contribution is -2.20. The third-order valence-corrected chi connectivity index (χ3v) is 3.64. The van der Waals surface area contributed by atoms with E-state index in [-0.39, 0.29) is 17.0 Å². The molecule has 0 aliphatic carbocycles. The Morgan fingerprint density at radius 3 is 2.24 bits per heavy atom. The molecule has 0 heterocycles. The maximum Gasteiger partial charge on any atom is 0.194 e. The minimum atomic E-state index is -1.52. The maximum absolute atomic E-state index is 13.4. The van der Waals surface area contributed by atoms with Gasteiger partial charge in [-0.25, -0.2) is 17.6 Å². The van der Waals surface area contributed by atoms with Crippen LogP contribution in [0.5, 0.6) is 0 Å². The molecular weight excluding hydrogens is 306 g/mol. The summed E-state index contributed by atoms with van der Waals surface area (Å²) in [6.07, 6.45) is 0.206. The monoisotopic (exact) mass is 317 g/mol. The van der Waals surface area contributed by atoms with Crippen LogP contribution in [0.25, 0.3) is 0 Å². The Morgan fingerprint density at radius 1 is 1.05 bits per heavy atom. The van der Waals surface area contributed by atoms with Crippen molar-refractivity contribution in [2.24, 2.45) is 0 Å². The highest BCUT2D eigenvalue weighted by molar-refractivity contribution is 6.31. The van der Waals surface area contributed by atoms with Crippen LogP contribution in [0.3, 0.4) is 0 Å². The number of nitrogens with one attached hydrogen (secondary N) is 1. The van der Waals surface area contributed by atoms with Gasteiger partial charge in [-0.1, -0.05) is 23.7 Å². The van der Waals surface area contributed by atoms with Gasteiger partial charge in [0.1, 0.15) is 5.82 Å². The zero-order chi connectivity index (χ0) is 15.6. The van der Waals surface area contributed by atoms with Crippen molar-refractivity contribution in [2.75, 3.05) is 7.05 Å². The van der Waals surface area contributed by atoms with E-state index >= 15 is 0 Å². The van der Waals surface area contributed by atoms with Crippen LogP contribution >= 0.6 is 11.6 Å². The van der Waals surface area contributed by atoms with Gasteiger partial charge in [0.2, 0.25) is 0 Å². The van der Waals surface area contributed by atoms with Gasteiger partial charge in [0.05, 0.1) is 5.02 Å². The predicted octanol–water partition coefficient (Wildman–Crippen LogP) is 4.40. The lowest BCUT2D eigenvalue weighted by molar-refractivity contribution is 0.441. The zero-order valence-corrected chi connectivity index (χ0v) is 11.8. The number of likely N-dealkylation sites (N-methyl/N-ethyl adjacent to an activating group) is 1. The van der Waals surface area contributed by atoms with E-state index < -0.39 is 29.3 Å². The van der Waals surface area contributed by atoms with E-state index in [1.807, 2.05) is 0 Å². The first-order chi connectivity index (χ1) is 9.93. The van der Waals surface area contributed by atoms with E-state index in [4.69, 9.17) is 11.6 Å². The van der Waals surface area contributed by atoms with Gasteiger partial charge in [0, 0.05) is 6.04 Å². The zero-order valence-electron chi connectivity index (χ0n) is 11.1.